The Hall–Kier alpha value is -1.98. The highest BCUT2D eigenvalue weighted by Crippen LogP contribution is 2.14. The molecule has 0 saturated carbocycles. The topological polar surface area (TPSA) is 79.5 Å². The maximum atomic E-state index is 11.3. The predicted molar refractivity (Wildman–Crippen MR) is 53.9 cm³/mol. The van der Waals surface area contributed by atoms with E-state index in [0.29, 0.717) is 5.56 Å². The second-order valence-corrected chi connectivity index (χ2v) is 3.09. The van der Waals surface area contributed by atoms with E-state index in [1.807, 2.05) is 0 Å². The van der Waals surface area contributed by atoms with Gasteiger partial charge in [0.1, 0.15) is 0 Å². The summed E-state index contributed by atoms with van der Waals surface area (Å²) in [6.45, 7) is 0. The minimum Gasteiger partial charge on any atom is -0.270 e. The lowest BCUT2D eigenvalue weighted by atomic mass is 10.1. The van der Waals surface area contributed by atoms with Crippen molar-refractivity contribution in [2.45, 2.75) is 0 Å². The number of hydrogen-bond acceptors (Lipinski definition) is 4. The first-order chi connectivity index (χ1) is 7.18. The first kappa shape index (κ1) is 9.57. The number of pyridine rings is 1. The number of carbonyl (C=O) groups excluding carboxylic acids is 1. The Labute approximate surface area is 85.7 Å². The van der Waals surface area contributed by atoms with Gasteiger partial charge in [0, 0.05) is 23.3 Å². The smallest absolute Gasteiger partial charge is 0.270 e. The van der Waals surface area contributed by atoms with Gasteiger partial charge in [-0.3, -0.25) is 15.0 Å². The number of nitrogens with two attached hydrogens (primary N) is 1. The largest absolute Gasteiger partial charge is 0.292 e. The van der Waals surface area contributed by atoms with Crippen molar-refractivity contribution < 1.29 is 10.0 Å². The van der Waals surface area contributed by atoms with E-state index >= 15 is 0 Å². The van der Waals surface area contributed by atoms with Gasteiger partial charge in [-0.05, 0) is 23.6 Å². The molecule has 1 heterocycles. The number of carbonyl (C=O) groups is 1. The normalized spacial score (nSPS) is 10.3. The number of amides is 1. The minimum absolute atomic E-state index is 0.0718. The molecule has 0 fully saturated rings. The van der Waals surface area contributed by atoms with E-state index in [9.17, 15) is 4.79 Å². The lowest BCUT2D eigenvalue weighted by molar-refractivity contribution is -0.0595. The molecule has 2 aromatic rings. The van der Waals surface area contributed by atoms with Crippen LogP contribution in [0.25, 0.3) is 10.8 Å². The molecule has 5 nitrogen and oxygen atoms in total. The van der Waals surface area contributed by atoms with Crippen molar-refractivity contribution >= 4 is 16.7 Å². The summed E-state index contributed by atoms with van der Waals surface area (Å²) in [6, 6.07) is 6.77. The fraction of sp³-hybridized carbons (Fsp3) is 0. The van der Waals surface area contributed by atoms with Gasteiger partial charge in [-0.15, -0.1) is 5.17 Å². The van der Waals surface area contributed by atoms with Crippen molar-refractivity contribution in [1.29, 1.82) is 0 Å². The van der Waals surface area contributed by atoms with E-state index in [4.69, 9.17) is 11.0 Å². The van der Waals surface area contributed by atoms with Gasteiger partial charge in [0.25, 0.3) is 5.91 Å². The van der Waals surface area contributed by atoms with Gasteiger partial charge < -0.3 is 0 Å². The van der Waals surface area contributed by atoms with Crippen molar-refractivity contribution in [1.82, 2.24) is 10.2 Å². The molecule has 0 atom stereocenters. The molecule has 2 rings (SSSR count). The zero-order valence-corrected chi connectivity index (χ0v) is 7.79. The van der Waals surface area contributed by atoms with Crippen LogP contribution in [0.15, 0.2) is 36.7 Å². The number of hydrogen-bond donors (Lipinski definition) is 2. The molecule has 0 aliphatic carbocycles. The number of nitrogens with zero attached hydrogens (tertiary/aromatic N) is 2. The molecule has 15 heavy (non-hydrogen) atoms. The molecule has 0 unspecified atom stereocenters. The van der Waals surface area contributed by atoms with Crippen LogP contribution in [0.5, 0.6) is 0 Å². The van der Waals surface area contributed by atoms with Gasteiger partial charge >= 0.3 is 0 Å². The third-order valence-electron chi connectivity index (χ3n) is 2.10. The number of fused-ring (bicyclic) bond motifs is 1. The fourth-order valence-electron chi connectivity index (χ4n) is 1.35. The summed E-state index contributed by atoms with van der Waals surface area (Å²) >= 11 is 0. The monoisotopic (exact) mass is 203 g/mol. The Bertz CT molecular complexity index is 511. The van der Waals surface area contributed by atoms with E-state index in [1.54, 1.807) is 36.7 Å². The molecule has 0 radical (unpaired) electrons. The maximum absolute atomic E-state index is 11.3. The molecular weight excluding hydrogens is 194 g/mol. The van der Waals surface area contributed by atoms with Crippen LogP contribution in [0.2, 0.25) is 0 Å². The summed E-state index contributed by atoms with van der Waals surface area (Å²) in [4.78, 5) is 15.3. The molecule has 0 aliphatic rings. The first-order valence-electron chi connectivity index (χ1n) is 4.30. The van der Waals surface area contributed by atoms with Crippen LogP contribution >= 0.6 is 0 Å². The number of rotatable bonds is 1. The summed E-state index contributed by atoms with van der Waals surface area (Å²) in [5.74, 6) is 4.29. The molecule has 76 valence electrons. The first-order valence-corrected chi connectivity index (χ1v) is 4.30. The van der Waals surface area contributed by atoms with Gasteiger partial charge in [-0.25, -0.2) is 5.84 Å². The van der Waals surface area contributed by atoms with Crippen LogP contribution in [0, 0.1) is 0 Å². The summed E-state index contributed by atoms with van der Waals surface area (Å²) in [6.07, 6.45) is 3.33. The van der Waals surface area contributed by atoms with Crippen LogP contribution in [0.1, 0.15) is 10.4 Å². The molecule has 0 aliphatic heterocycles. The number of hydroxylamine groups is 1. The summed E-state index contributed by atoms with van der Waals surface area (Å²) < 4.78 is 0. The van der Waals surface area contributed by atoms with E-state index in [0.717, 1.165) is 10.8 Å². The summed E-state index contributed by atoms with van der Waals surface area (Å²) in [7, 11) is 0. The van der Waals surface area contributed by atoms with Crippen molar-refractivity contribution in [2.75, 3.05) is 0 Å². The van der Waals surface area contributed by atoms with Crippen molar-refractivity contribution in [3.05, 3.63) is 42.2 Å². The van der Waals surface area contributed by atoms with Crippen LogP contribution in [-0.2, 0) is 0 Å². The van der Waals surface area contributed by atoms with Gasteiger partial charge in [-0.2, -0.15) is 0 Å². The number of hydrazine groups is 1. The van der Waals surface area contributed by atoms with Gasteiger partial charge in [0.15, 0.2) is 0 Å². The standard InChI is InChI=1S/C10H9N3O2/c11-13(15)10(14)8-1-2-9-6-12-4-3-7(9)5-8/h1-6,15H,11H2. The Morgan fingerprint density at radius 2 is 2.13 bits per heavy atom. The van der Waals surface area contributed by atoms with Crippen molar-refractivity contribution in [2.24, 2.45) is 5.84 Å². The van der Waals surface area contributed by atoms with Crippen molar-refractivity contribution in [3.63, 3.8) is 0 Å². The predicted octanol–water partition coefficient (Wildman–Crippen LogP) is 0.940. The summed E-state index contributed by atoms with van der Waals surface area (Å²) in [5.41, 5.74) is 0.332. The quantitative estimate of drug-likeness (QED) is 0.313. The lowest BCUT2D eigenvalue weighted by Gasteiger charge is -2.07. The lowest BCUT2D eigenvalue weighted by Crippen LogP contribution is -2.33. The van der Waals surface area contributed by atoms with Gasteiger partial charge in [0.2, 0.25) is 0 Å². The SMILES string of the molecule is NN(O)C(=O)c1ccc2cnccc2c1. The summed E-state index contributed by atoms with van der Waals surface area (Å²) in [5, 5.41) is 10.7. The average Bonchev–Trinajstić information content (AvgIpc) is 2.27. The molecule has 5 heteroatoms. The molecule has 0 spiro atoms. The molecule has 1 aromatic carbocycles. The van der Waals surface area contributed by atoms with Gasteiger partial charge in [-0.1, -0.05) is 6.07 Å². The Morgan fingerprint density at radius 3 is 2.87 bits per heavy atom. The van der Waals surface area contributed by atoms with Crippen LogP contribution in [0.3, 0.4) is 0 Å². The van der Waals surface area contributed by atoms with Crippen LogP contribution in [-0.4, -0.2) is 21.3 Å². The van der Waals surface area contributed by atoms with E-state index in [-0.39, 0.29) is 5.17 Å². The molecule has 1 amide bonds. The Balaban J connectivity index is 2.52. The highest BCUT2D eigenvalue weighted by atomic mass is 16.5. The number of benzene rings is 1. The fourth-order valence-corrected chi connectivity index (χ4v) is 1.35. The Kier molecular flexibility index (Phi) is 2.32. The minimum atomic E-state index is -0.645. The third-order valence-corrected chi connectivity index (χ3v) is 2.10. The molecule has 3 N–H and O–H groups in total. The highest BCUT2D eigenvalue weighted by Gasteiger charge is 2.10. The maximum Gasteiger partial charge on any atom is 0.292 e. The molecular formula is C10H9N3O2. The highest BCUT2D eigenvalue weighted by molar-refractivity contribution is 5.97. The molecule has 0 bridgehead atoms. The zero-order chi connectivity index (χ0) is 10.8. The van der Waals surface area contributed by atoms with E-state index < -0.39 is 5.91 Å². The van der Waals surface area contributed by atoms with Crippen molar-refractivity contribution in [3.8, 4) is 0 Å². The van der Waals surface area contributed by atoms with E-state index in [2.05, 4.69) is 4.98 Å². The average molecular weight is 203 g/mol. The van der Waals surface area contributed by atoms with Gasteiger partial charge in [0.05, 0.1) is 0 Å². The van der Waals surface area contributed by atoms with E-state index in [1.165, 1.54) is 0 Å². The van der Waals surface area contributed by atoms with Crippen LogP contribution < -0.4 is 5.84 Å². The Morgan fingerprint density at radius 1 is 1.33 bits per heavy atom. The second-order valence-electron chi connectivity index (χ2n) is 3.09. The third kappa shape index (κ3) is 1.78. The number of aromatic nitrogens is 1. The zero-order valence-electron chi connectivity index (χ0n) is 7.79. The second kappa shape index (κ2) is 3.64. The van der Waals surface area contributed by atoms with Crippen LogP contribution in [0.4, 0.5) is 0 Å². The molecule has 1 aromatic heterocycles. The molecule has 0 saturated heterocycles.